The van der Waals surface area contributed by atoms with Gasteiger partial charge in [0.15, 0.2) is 11.6 Å². The number of pyridine rings is 1. The largest absolute Gasteiger partial charge is 0.480 e. The second-order valence-corrected chi connectivity index (χ2v) is 7.48. The first-order valence-electron chi connectivity index (χ1n) is 9.16. The third-order valence-corrected chi connectivity index (χ3v) is 5.66. The third kappa shape index (κ3) is 3.87. The molecule has 0 fully saturated rings. The van der Waals surface area contributed by atoms with Crippen molar-refractivity contribution in [2.45, 2.75) is 20.1 Å². The molecule has 4 aromatic rings. The lowest BCUT2D eigenvalue weighted by Gasteiger charge is -2.06. The van der Waals surface area contributed by atoms with Gasteiger partial charge in [-0.25, -0.2) is 14.6 Å². The van der Waals surface area contributed by atoms with Crippen LogP contribution in [0.2, 0.25) is 0 Å². The van der Waals surface area contributed by atoms with Crippen molar-refractivity contribution in [1.82, 2.24) is 30.0 Å². The fourth-order valence-corrected chi connectivity index (χ4v) is 4.13. The molecule has 1 amide bonds. The van der Waals surface area contributed by atoms with E-state index in [2.05, 4.69) is 25.4 Å². The Kier molecular flexibility index (Phi) is 5.68. The highest BCUT2D eigenvalue weighted by Crippen LogP contribution is 2.35. The Bertz CT molecular complexity index is 1170. The van der Waals surface area contributed by atoms with Crippen molar-refractivity contribution in [3.63, 3.8) is 0 Å². The van der Waals surface area contributed by atoms with Crippen LogP contribution in [-0.4, -0.2) is 44.9 Å². The van der Waals surface area contributed by atoms with Gasteiger partial charge in [-0.05, 0) is 30.2 Å². The second-order valence-electron chi connectivity index (χ2n) is 6.48. The molecule has 30 heavy (non-hydrogen) atoms. The molecule has 10 heteroatoms. The van der Waals surface area contributed by atoms with Gasteiger partial charge in [0.25, 0.3) is 5.91 Å². The van der Waals surface area contributed by atoms with Gasteiger partial charge in [0.1, 0.15) is 11.4 Å². The first-order chi connectivity index (χ1) is 14.6. The lowest BCUT2D eigenvalue weighted by atomic mass is 10.2. The fourth-order valence-electron chi connectivity index (χ4n) is 3.03. The Morgan fingerprint density at radius 2 is 2.13 bits per heavy atom. The van der Waals surface area contributed by atoms with Crippen LogP contribution in [0.1, 0.15) is 26.6 Å². The Morgan fingerprint density at radius 3 is 2.80 bits per heavy atom. The number of carbonyl (C=O) groups is 1. The highest BCUT2D eigenvalue weighted by Gasteiger charge is 2.21. The third-order valence-electron chi connectivity index (χ3n) is 4.48. The number of aromatic nitrogens is 5. The van der Waals surface area contributed by atoms with Crippen molar-refractivity contribution < 1.29 is 14.3 Å². The SMILES string of the molecule is COCc1nc(OC)c2c(C)c(C(=O)NCc3ccc(-n4cccn4)nc3)sc2n1. The average Bonchev–Trinajstić information content (AvgIpc) is 3.41. The maximum absolute atomic E-state index is 12.8. The lowest BCUT2D eigenvalue weighted by Crippen LogP contribution is -2.22. The summed E-state index contributed by atoms with van der Waals surface area (Å²) in [5.41, 5.74) is 1.68. The Balaban J connectivity index is 1.52. The molecule has 0 aliphatic rings. The molecule has 0 bridgehead atoms. The Labute approximate surface area is 176 Å². The van der Waals surface area contributed by atoms with Crippen molar-refractivity contribution in [3.8, 4) is 11.7 Å². The zero-order valence-electron chi connectivity index (χ0n) is 16.7. The van der Waals surface area contributed by atoms with Gasteiger partial charge in [0, 0.05) is 32.2 Å². The van der Waals surface area contributed by atoms with E-state index in [1.165, 1.54) is 11.3 Å². The summed E-state index contributed by atoms with van der Waals surface area (Å²) in [7, 11) is 3.13. The number of hydrogen-bond acceptors (Lipinski definition) is 8. The quantitative estimate of drug-likeness (QED) is 0.486. The van der Waals surface area contributed by atoms with E-state index in [4.69, 9.17) is 9.47 Å². The van der Waals surface area contributed by atoms with Gasteiger partial charge in [-0.15, -0.1) is 11.3 Å². The minimum absolute atomic E-state index is 0.179. The minimum Gasteiger partial charge on any atom is -0.480 e. The normalized spacial score (nSPS) is 11.0. The van der Waals surface area contributed by atoms with Crippen LogP contribution < -0.4 is 10.1 Å². The highest BCUT2D eigenvalue weighted by atomic mass is 32.1. The van der Waals surface area contributed by atoms with E-state index in [1.54, 1.807) is 31.3 Å². The number of thiophene rings is 1. The Hall–Kier alpha value is -3.37. The molecule has 4 heterocycles. The number of nitrogens with one attached hydrogen (secondary N) is 1. The number of aryl methyl sites for hydroxylation is 1. The summed E-state index contributed by atoms with van der Waals surface area (Å²) in [5.74, 6) is 1.49. The van der Waals surface area contributed by atoms with Gasteiger partial charge in [0.2, 0.25) is 5.88 Å². The molecule has 0 atom stereocenters. The van der Waals surface area contributed by atoms with Crippen LogP contribution in [-0.2, 0) is 17.9 Å². The van der Waals surface area contributed by atoms with Gasteiger partial charge in [-0.3, -0.25) is 4.79 Å². The number of rotatable bonds is 7. The predicted octanol–water partition coefficient (Wildman–Crippen LogP) is 2.67. The van der Waals surface area contributed by atoms with Crippen LogP contribution in [0, 0.1) is 6.92 Å². The van der Waals surface area contributed by atoms with E-state index in [0.29, 0.717) is 33.8 Å². The zero-order chi connectivity index (χ0) is 21.1. The summed E-state index contributed by atoms with van der Waals surface area (Å²) < 4.78 is 12.2. The summed E-state index contributed by atoms with van der Waals surface area (Å²) in [6, 6.07) is 5.60. The molecule has 0 aliphatic heterocycles. The van der Waals surface area contributed by atoms with Gasteiger partial charge in [-0.1, -0.05) is 6.07 Å². The lowest BCUT2D eigenvalue weighted by molar-refractivity contribution is 0.0954. The molecule has 0 unspecified atom stereocenters. The number of amides is 1. The van der Waals surface area contributed by atoms with Gasteiger partial charge in [0.05, 0.1) is 17.4 Å². The van der Waals surface area contributed by atoms with Crippen LogP contribution in [0.4, 0.5) is 0 Å². The molecule has 4 aromatic heterocycles. The van der Waals surface area contributed by atoms with E-state index in [9.17, 15) is 4.79 Å². The van der Waals surface area contributed by atoms with E-state index >= 15 is 0 Å². The number of fused-ring (bicyclic) bond motifs is 1. The van der Waals surface area contributed by atoms with Gasteiger partial charge in [-0.2, -0.15) is 10.1 Å². The zero-order valence-corrected chi connectivity index (χ0v) is 17.6. The summed E-state index contributed by atoms with van der Waals surface area (Å²) >= 11 is 1.31. The topological polar surface area (TPSA) is 104 Å². The Morgan fingerprint density at radius 1 is 1.27 bits per heavy atom. The monoisotopic (exact) mass is 424 g/mol. The van der Waals surface area contributed by atoms with Crippen LogP contribution >= 0.6 is 11.3 Å². The molecule has 1 N–H and O–H groups in total. The molecule has 154 valence electrons. The summed E-state index contributed by atoms with van der Waals surface area (Å²) in [6.07, 6.45) is 5.24. The molecule has 0 aromatic carbocycles. The average molecular weight is 424 g/mol. The maximum atomic E-state index is 12.8. The summed E-state index contributed by atoms with van der Waals surface area (Å²) in [4.78, 5) is 27.3. The molecular weight excluding hydrogens is 404 g/mol. The first-order valence-corrected chi connectivity index (χ1v) is 9.98. The van der Waals surface area contributed by atoms with Crippen molar-refractivity contribution in [2.75, 3.05) is 14.2 Å². The van der Waals surface area contributed by atoms with E-state index < -0.39 is 0 Å². The van der Waals surface area contributed by atoms with Crippen LogP contribution in [0.3, 0.4) is 0 Å². The summed E-state index contributed by atoms with van der Waals surface area (Å²) in [6.45, 7) is 2.50. The standard InChI is InChI=1S/C20H20N6O3S/c1-12-16-19(29-3)24-14(11-28-2)25-20(16)30-17(12)18(27)22-10-13-5-6-15(21-9-13)26-8-4-7-23-26/h4-9H,10-11H2,1-3H3,(H,22,27). The smallest absolute Gasteiger partial charge is 0.261 e. The van der Waals surface area contributed by atoms with Crippen molar-refractivity contribution >= 4 is 27.5 Å². The maximum Gasteiger partial charge on any atom is 0.261 e. The predicted molar refractivity (Wildman–Crippen MR) is 112 cm³/mol. The molecule has 0 radical (unpaired) electrons. The van der Waals surface area contributed by atoms with Crippen LogP contribution in [0.25, 0.3) is 16.0 Å². The number of nitrogens with zero attached hydrogens (tertiary/aromatic N) is 5. The molecule has 4 rings (SSSR count). The van der Waals surface area contributed by atoms with Crippen LogP contribution in [0.5, 0.6) is 5.88 Å². The highest BCUT2D eigenvalue weighted by molar-refractivity contribution is 7.20. The number of hydrogen-bond donors (Lipinski definition) is 1. The van der Waals surface area contributed by atoms with E-state index in [0.717, 1.165) is 16.5 Å². The molecule has 0 saturated heterocycles. The van der Waals surface area contributed by atoms with Gasteiger partial charge >= 0.3 is 0 Å². The van der Waals surface area contributed by atoms with E-state index in [1.807, 2.05) is 31.3 Å². The summed E-state index contributed by atoms with van der Waals surface area (Å²) in [5, 5.41) is 7.84. The van der Waals surface area contributed by atoms with Crippen molar-refractivity contribution in [1.29, 1.82) is 0 Å². The van der Waals surface area contributed by atoms with Crippen molar-refractivity contribution in [3.05, 3.63) is 58.6 Å². The number of carbonyl (C=O) groups excluding carboxylic acids is 1. The number of ether oxygens (including phenoxy) is 2. The first kappa shape index (κ1) is 19.9. The van der Waals surface area contributed by atoms with Gasteiger partial charge < -0.3 is 14.8 Å². The number of methoxy groups -OCH3 is 2. The second kappa shape index (κ2) is 8.56. The van der Waals surface area contributed by atoms with Crippen molar-refractivity contribution in [2.24, 2.45) is 0 Å². The minimum atomic E-state index is -0.179. The van der Waals surface area contributed by atoms with Crippen LogP contribution in [0.15, 0.2) is 36.8 Å². The molecule has 0 spiro atoms. The molecule has 0 saturated carbocycles. The van der Waals surface area contributed by atoms with E-state index in [-0.39, 0.29) is 12.5 Å². The molecule has 9 nitrogen and oxygen atoms in total. The fraction of sp³-hybridized carbons (Fsp3) is 0.250. The molecular formula is C20H20N6O3S. The molecule has 0 aliphatic carbocycles.